The summed E-state index contributed by atoms with van der Waals surface area (Å²) >= 11 is 0. The molecular formula is C12H27ClN2. The Bertz CT molecular complexity index is 173. The fourth-order valence-corrected chi connectivity index (χ4v) is 1.64. The first-order valence-electron chi connectivity index (χ1n) is 5.83. The molecule has 0 radical (unpaired) electrons. The Morgan fingerprint density at radius 2 is 1.87 bits per heavy atom. The second-order valence-electron chi connectivity index (χ2n) is 5.94. The molecule has 0 aliphatic heterocycles. The molecule has 1 rings (SSSR count). The normalized spacial score (nSPS) is 18.8. The van der Waals surface area contributed by atoms with Crippen molar-refractivity contribution in [2.24, 2.45) is 5.41 Å². The lowest BCUT2D eigenvalue weighted by Gasteiger charge is -2.26. The summed E-state index contributed by atoms with van der Waals surface area (Å²) in [6, 6.07) is 1.55. The molecule has 0 saturated heterocycles. The van der Waals surface area contributed by atoms with Gasteiger partial charge in [-0.25, -0.2) is 0 Å². The molecule has 1 N–H and O–H groups in total. The van der Waals surface area contributed by atoms with Crippen LogP contribution < -0.4 is 5.32 Å². The van der Waals surface area contributed by atoms with Crippen LogP contribution in [0.4, 0.5) is 0 Å². The molecule has 1 fully saturated rings. The summed E-state index contributed by atoms with van der Waals surface area (Å²) < 4.78 is 0. The Labute approximate surface area is 101 Å². The van der Waals surface area contributed by atoms with Gasteiger partial charge in [0.2, 0.25) is 0 Å². The number of halogens is 1. The highest BCUT2D eigenvalue weighted by Crippen LogP contribution is 2.26. The van der Waals surface area contributed by atoms with Gasteiger partial charge < -0.3 is 5.32 Å². The Kier molecular flexibility index (Phi) is 6.16. The van der Waals surface area contributed by atoms with Crippen molar-refractivity contribution < 1.29 is 0 Å². The van der Waals surface area contributed by atoms with Crippen molar-refractivity contribution in [1.29, 1.82) is 0 Å². The lowest BCUT2D eigenvalue weighted by molar-refractivity contribution is 0.233. The number of nitrogens with one attached hydrogen (secondary N) is 1. The molecule has 0 aromatic carbocycles. The van der Waals surface area contributed by atoms with Crippen LogP contribution in [0.2, 0.25) is 0 Å². The topological polar surface area (TPSA) is 15.3 Å². The van der Waals surface area contributed by atoms with Gasteiger partial charge in [-0.3, -0.25) is 4.90 Å². The molecule has 0 spiro atoms. The van der Waals surface area contributed by atoms with Crippen LogP contribution in [0.15, 0.2) is 0 Å². The average molecular weight is 235 g/mol. The van der Waals surface area contributed by atoms with E-state index in [1.165, 1.54) is 12.8 Å². The first-order valence-corrected chi connectivity index (χ1v) is 5.83. The third-order valence-corrected chi connectivity index (χ3v) is 2.91. The van der Waals surface area contributed by atoms with Crippen molar-refractivity contribution in [2.45, 2.75) is 52.6 Å². The van der Waals surface area contributed by atoms with E-state index in [-0.39, 0.29) is 12.4 Å². The average Bonchev–Trinajstić information content (AvgIpc) is 2.82. The van der Waals surface area contributed by atoms with Gasteiger partial charge in [0.1, 0.15) is 0 Å². The molecular weight excluding hydrogens is 208 g/mol. The van der Waals surface area contributed by atoms with E-state index in [0.717, 1.165) is 19.1 Å². The zero-order valence-corrected chi connectivity index (χ0v) is 11.7. The van der Waals surface area contributed by atoms with Crippen LogP contribution in [0.25, 0.3) is 0 Å². The SMILES string of the molecule is CC(CNCC(C)(C)C)N(C)C1CC1.Cl. The van der Waals surface area contributed by atoms with Gasteiger partial charge in [0, 0.05) is 25.2 Å². The summed E-state index contributed by atoms with van der Waals surface area (Å²) in [5.41, 5.74) is 0.401. The Balaban J connectivity index is 0.00000196. The third kappa shape index (κ3) is 6.39. The van der Waals surface area contributed by atoms with Crippen molar-refractivity contribution in [2.75, 3.05) is 20.1 Å². The van der Waals surface area contributed by atoms with Crippen molar-refractivity contribution in [3.05, 3.63) is 0 Å². The number of rotatable bonds is 5. The molecule has 0 aromatic rings. The van der Waals surface area contributed by atoms with E-state index in [2.05, 4.69) is 45.0 Å². The molecule has 1 unspecified atom stereocenters. The molecule has 2 nitrogen and oxygen atoms in total. The third-order valence-electron chi connectivity index (χ3n) is 2.91. The lowest BCUT2D eigenvalue weighted by Crippen LogP contribution is -2.41. The molecule has 0 amide bonds. The largest absolute Gasteiger partial charge is 0.315 e. The number of hydrogen-bond acceptors (Lipinski definition) is 2. The monoisotopic (exact) mass is 234 g/mol. The maximum Gasteiger partial charge on any atom is 0.0192 e. The second kappa shape index (κ2) is 6.07. The zero-order valence-electron chi connectivity index (χ0n) is 10.8. The molecule has 1 saturated carbocycles. The first-order chi connectivity index (χ1) is 6.40. The summed E-state index contributed by atoms with van der Waals surface area (Å²) in [5.74, 6) is 0. The van der Waals surface area contributed by atoms with Gasteiger partial charge in [-0.05, 0) is 32.2 Å². The highest BCUT2D eigenvalue weighted by molar-refractivity contribution is 5.85. The van der Waals surface area contributed by atoms with E-state index in [9.17, 15) is 0 Å². The van der Waals surface area contributed by atoms with Gasteiger partial charge >= 0.3 is 0 Å². The van der Waals surface area contributed by atoms with E-state index in [4.69, 9.17) is 0 Å². The van der Waals surface area contributed by atoms with Crippen LogP contribution in [0.1, 0.15) is 40.5 Å². The Hall–Kier alpha value is 0.210. The van der Waals surface area contributed by atoms with Crippen LogP contribution in [0, 0.1) is 5.41 Å². The zero-order chi connectivity index (χ0) is 10.8. The quantitative estimate of drug-likeness (QED) is 0.787. The van der Waals surface area contributed by atoms with Gasteiger partial charge in [-0.15, -0.1) is 12.4 Å². The van der Waals surface area contributed by atoms with Crippen LogP contribution in [0.5, 0.6) is 0 Å². The molecule has 3 heteroatoms. The van der Waals surface area contributed by atoms with Crippen molar-refractivity contribution in [1.82, 2.24) is 10.2 Å². The van der Waals surface area contributed by atoms with Crippen LogP contribution in [-0.4, -0.2) is 37.1 Å². The van der Waals surface area contributed by atoms with Gasteiger partial charge in [0.05, 0.1) is 0 Å². The minimum absolute atomic E-state index is 0. The number of nitrogens with zero attached hydrogens (tertiary/aromatic N) is 1. The van der Waals surface area contributed by atoms with Crippen LogP contribution in [-0.2, 0) is 0 Å². The fourth-order valence-electron chi connectivity index (χ4n) is 1.64. The van der Waals surface area contributed by atoms with Gasteiger partial charge in [0.25, 0.3) is 0 Å². The molecule has 1 atom stereocenters. The standard InChI is InChI=1S/C12H26N2.ClH/c1-10(14(5)11-6-7-11)8-13-9-12(2,3)4;/h10-11,13H,6-9H2,1-5H3;1H. The van der Waals surface area contributed by atoms with E-state index in [1.807, 2.05) is 0 Å². The summed E-state index contributed by atoms with van der Waals surface area (Å²) in [7, 11) is 2.25. The maximum atomic E-state index is 3.55. The summed E-state index contributed by atoms with van der Waals surface area (Å²) in [6.45, 7) is 11.4. The van der Waals surface area contributed by atoms with Gasteiger partial charge in [0.15, 0.2) is 0 Å². The van der Waals surface area contributed by atoms with Crippen molar-refractivity contribution >= 4 is 12.4 Å². The van der Waals surface area contributed by atoms with E-state index in [1.54, 1.807) is 0 Å². The highest BCUT2D eigenvalue weighted by Gasteiger charge is 2.28. The maximum absolute atomic E-state index is 3.55. The smallest absolute Gasteiger partial charge is 0.0192 e. The van der Waals surface area contributed by atoms with E-state index in [0.29, 0.717) is 11.5 Å². The molecule has 1 aliphatic carbocycles. The molecule has 15 heavy (non-hydrogen) atoms. The summed E-state index contributed by atoms with van der Waals surface area (Å²) in [4.78, 5) is 2.51. The van der Waals surface area contributed by atoms with Crippen LogP contribution in [0.3, 0.4) is 0 Å². The number of likely N-dealkylation sites (N-methyl/N-ethyl adjacent to an activating group) is 1. The van der Waals surface area contributed by atoms with Gasteiger partial charge in [-0.1, -0.05) is 20.8 Å². The Morgan fingerprint density at radius 1 is 1.33 bits per heavy atom. The van der Waals surface area contributed by atoms with Crippen LogP contribution >= 0.6 is 12.4 Å². The minimum atomic E-state index is 0. The fraction of sp³-hybridized carbons (Fsp3) is 1.00. The second-order valence-corrected chi connectivity index (χ2v) is 5.94. The predicted molar refractivity (Wildman–Crippen MR) is 69.8 cm³/mol. The molecule has 0 bridgehead atoms. The summed E-state index contributed by atoms with van der Waals surface area (Å²) in [6.07, 6.45) is 2.81. The van der Waals surface area contributed by atoms with Gasteiger partial charge in [-0.2, -0.15) is 0 Å². The van der Waals surface area contributed by atoms with E-state index < -0.39 is 0 Å². The molecule has 0 heterocycles. The van der Waals surface area contributed by atoms with Crippen molar-refractivity contribution in [3.8, 4) is 0 Å². The van der Waals surface area contributed by atoms with Crippen molar-refractivity contribution in [3.63, 3.8) is 0 Å². The molecule has 1 aliphatic rings. The molecule has 92 valence electrons. The molecule has 0 aromatic heterocycles. The lowest BCUT2D eigenvalue weighted by atomic mass is 9.97. The minimum Gasteiger partial charge on any atom is -0.315 e. The van der Waals surface area contributed by atoms with E-state index >= 15 is 0 Å². The highest BCUT2D eigenvalue weighted by atomic mass is 35.5. The Morgan fingerprint density at radius 3 is 2.27 bits per heavy atom. The first kappa shape index (κ1) is 15.2. The predicted octanol–water partition coefficient (Wildman–Crippen LogP) is 2.53. The summed E-state index contributed by atoms with van der Waals surface area (Å²) in [5, 5.41) is 3.55. The number of hydrogen-bond donors (Lipinski definition) is 1.